The normalized spacial score (nSPS) is 19.3. The largest absolute Gasteiger partial charge is 0.338 e. The third kappa shape index (κ3) is 5.49. The van der Waals surface area contributed by atoms with Gasteiger partial charge >= 0.3 is 6.03 Å². The molecule has 2 N–H and O–H groups in total. The highest BCUT2D eigenvalue weighted by molar-refractivity contribution is 6.01. The number of piperazine rings is 1. The van der Waals surface area contributed by atoms with Gasteiger partial charge in [-0.1, -0.05) is 55.7 Å². The summed E-state index contributed by atoms with van der Waals surface area (Å²) in [7, 11) is 0. The van der Waals surface area contributed by atoms with E-state index in [9.17, 15) is 4.79 Å². The summed E-state index contributed by atoms with van der Waals surface area (Å²) in [5.41, 5.74) is 0.861. The molecule has 1 heterocycles. The number of hydrogen-bond donors (Lipinski definition) is 2. The monoisotopic (exact) mass is 394 g/mol. The van der Waals surface area contributed by atoms with Crippen LogP contribution in [0.1, 0.15) is 38.5 Å². The second-order valence-electron chi connectivity index (χ2n) is 8.43. The van der Waals surface area contributed by atoms with Crippen molar-refractivity contribution < 1.29 is 4.79 Å². The molecule has 5 nitrogen and oxygen atoms in total. The van der Waals surface area contributed by atoms with Gasteiger partial charge in [-0.2, -0.15) is 0 Å². The second-order valence-corrected chi connectivity index (χ2v) is 8.43. The first-order valence-corrected chi connectivity index (χ1v) is 11.3. The Kier molecular flexibility index (Phi) is 7.01. The Balaban J connectivity index is 1.14. The highest BCUT2D eigenvalue weighted by atomic mass is 16.2. The fraction of sp³-hybridized carbons (Fsp3) is 0.542. The van der Waals surface area contributed by atoms with Gasteiger partial charge in [-0.15, -0.1) is 0 Å². The zero-order valence-corrected chi connectivity index (χ0v) is 17.4. The van der Waals surface area contributed by atoms with Crippen molar-refractivity contribution in [3.05, 3.63) is 42.5 Å². The number of nitrogens with one attached hydrogen (secondary N) is 2. The smallest absolute Gasteiger partial charge is 0.319 e. The van der Waals surface area contributed by atoms with Crippen LogP contribution in [0.3, 0.4) is 0 Å². The molecular formula is C24H34N4O. The summed E-state index contributed by atoms with van der Waals surface area (Å²) >= 11 is 0. The molecule has 0 spiro atoms. The molecule has 5 heteroatoms. The van der Waals surface area contributed by atoms with Gasteiger partial charge in [-0.3, -0.25) is 4.90 Å². The average molecular weight is 395 g/mol. The van der Waals surface area contributed by atoms with Crippen LogP contribution in [-0.4, -0.2) is 61.1 Å². The van der Waals surface area contributed by atoms with Crippen molar-refractivity contribution in [1.29, 1.82) is 0 Å². The van der Waals surface area contributed by atoms with Gasteiger partial charge in [0.1, 0.15) is 0 Å². The number of carbonyl (C=O) groups excluding carboxylic acids is 1. The van der Waals surface area contributed by atoms with E-state index in [0.717, 1.165) is 35.5 Å². The molecule has 2 aromatic carbocycles. The maximum atomic E-state index is 12.3. The number of benzene rings is 2. The lowest BCUT2D eigenvalue weighted by Crippen LogP contribution is -2.51. The molecule has 2 aromatic rings. The lowest BCUT2D eigenvalue weighted by molar-refractivity contribution is 0.0786. The molecule has 0 unspecified atom stereocenters. The van der Waals surface area contributed by atoms with Gasteiger partial charge in [0.05, 0.1) is 5.69 Å². The van der Waals surface area contributed by atoms with Crippen molar-refractivity contribution >= 4 is 22.5 Å². The number of anilines is 1. The molecule has 0 aromatic heterocycles. The zero-order chi connectivity index (χ0) is 19.9. The molecule has 2 aliphatic rings. The van der Waals surface area contributed by atoms with E-state index in [2.05, 4.69) is 32.6 Å². The highest BCUT2D eigenvalue weighted by Crippen LogP contribution is 2.24. The maximum Gasteiger partial charge on any atom is 0.319 e. The van der Waals surface area contributed by atoms with E-state index >= 15 is 0 Å². The van der Waals surface area contributed by atoms with Gasteiger partial charge in [0, 0.05) is 44.2 Å². The molecule has 0 radical (unpaired) electrons. The number of fused-ring (bicyclic) bond motifs is 1. The van der Waals surface area contributed by atoms with E-state index in [0.29, 0.717) is 6.54 Å². The van der Waals surface area contributed by atoms with Crippen LogP contribution in [0.25, 0.3) is 10.8 Å². The SMILES string of the molecule is O=C(NCCCN1CCN(C2CCCCC2)CC1)Nc1cccc2ccccc12. The quantitative estimate of drug-likeness (QED) is 0.718. The average Bonchev–Trinajstić information content (AvgIpc) is 2.78. The fourth-order valence-electron chi connectivity index (χ4n) is 4.80. The topological polar surface area (TPSA) is 47.6 Å². The summed E-state index contributed by atoms with van der Waals surface area (Å²) in [5.74, 6) is 0. The first-order valence-electron chi connectivity index (χ1n) is 11.3. The number of carbonyl (C=O) groups is 1. The van der Waals surface area contributed by atoms with Gasteiger partial charge < -0.3 is 15.5 Å². The van der Waals surface area contributed by atoms with E-state index in [-0.39, 0.29) is 6.03 Å². The minimum atomic E-state index is -0.122. The van der Waals surface area contributed by atoms with E-state index in [4.69, 9.17) is 0 Å². The molecule has 2 fully saturated rings. The summed E-state index contributed by atoms with van der Waals surface area (Å²) in [6, 6.07) is 14.8. The van der Waals surface area contributed by atoms with Crippen molar-refractivity contribution in [2.24, 2.45) is 0 Å². The van der Waals surface area contributed by atoms with Gasteiger partial charge in [0.2, 0.25) is 0 Å². The Morgan fingerprint density at radius 2 is 1.69 bits per heavy atom. The predicted octanol–water partition coefficient (Wildman–Crippen LogP) is 4.30. The third-order valence-electron chi connectivity index (χ3n) is 6.47. The lowest BCUT2D eigenvalue weighted by atomic mass is 9.94. The Bertz CT molecular complexity index is 789. The second kappa shape index (κ2) is 10.1. The summed E-state index contributed by atoms with van der Waals surface area (Å²) < 4.78 is 0. The number of hydrogen-bond acceptors (Lipinski definition) is 3. The van der Waals surface area contributed by atoms with Crippen LogP contribution in [0.15, 0.2) is 42.5 Å². The fourth-order valence-corrected chi connectivity index (χ4v) is 4.80. The van der Waals surface area contributed by atoms with Crippen LogP contribution in [0.2, 0.25) is 0 Å². The van der Waals surface area contributed by atoms with Gasteiger partial charge in [0.25, 0.3) is 0 Å². The van der Waals surface area contributed by atoms with Crippen molar-refractivity contribution in [1.82, 2.24) is 15.1 Å². The summed E-state index contributed by atoms with van der Waals surface area (Å²) in [6.45, 7) is 6.52. The molecule has 156 valence electrons. The van der Waals surface area contributed by atoms with Crippen molar-refractivity contribution in [3.8, 4) is 0 Å². The van der Waals surface area contributed by atoms with E-state index < -0.39 is 0 Å². The van der Waals surface area contributed by atoms with E-state index in [1.807, 2.05) is 30.3 Å². The molecule has 4 rings (SSSR count). The lowest BCUT2D eigenvalue weighted by Gasteiger charge is -2.40. The first kappa shape index (κ1) is 20.2. The van der Waals surface area contributed by atoms with Crippen LogP contribution < -0.4 is 10.6 Å². The number of rotatable bonds is 6. The number of nitrogens with zero attached hydrogens (tertiary/aromatic N) is 2. The molecule has 1 aliphatic heterocycles. The molecule has 2 amide bonds. The van der Waals surface area contributed by atoms with Gasteiger partial charge in [0.15, 0.2) is 0 Å². The van der Waals surface area contributed by atoms with Gasteiger partial charge in [-0.25, -0.2) is 4.79 Å². The first-order chi connectivity index (χ1) is 14.3. The third-order valence-corrected chi connectivity index (χ3v) is 6.47. The van der Waals surface area contributed by atoms with Gasteiger partial charge in [-0.05, 0) is 37.3 Å². The summed E-state index contributed by atoms with van der Waals surface area (Å²) in [4.78, 5) is 17.5. The Morgan fingerprint density at radius 1 is 0.931 bits per heavy atom. The number of urea groups is 1. The van der Waals surface area contributed by atoms with Crippen LogP contribution in [0.4, 0.5) is 10.5 Å². The molecular weight excluding hydrogens is 360 g/mol. The van der Waals surface area contributed by atoms with Crippen molar-refractivity contribution in [2.45, 2.75) is 44.6 Å². The van der Waals surface area contributed by atoms with Crippen molar-refractivity contribution in [2.75, 3.05) is 44.6 Å². The molecule has 1 saturated carbocycles. The molecule has 1 aliphatic carbocycles. The van der Waals surface area contributed by atoms with Crippen molar-refractivity contribution in [3.63, 3.8) is 0 Å². The minimum absolute atomic E-state index is 0.122. The Labute approximate surface area is 174 Å². The number of amides is 2. The summed E-state index contributed by atoms with van der Waals surface area (Å²) in [6.07, 6.45) is 8.05. The van der Waals surface area contributed by atoms with Crippen LogP contribution >= 0.6 is 0 Å². The predicted molar refractivity (Wildman–Crippen MR) is 120 cm³/mol. The van der Waals surface area contributed by atoms with Crippen LogP contribution in [0, 0.1) is 0 Å². The maximum absolute atomic E-state index is 12.3. The Hall–Kier alpha value is -2.11. The van der Waals surface area contributed by atoms with E-state index in [1.165, 1.54) is 58.3 Å². The molecule has 1 saturated heterocycles. The molecule has 29 heavy (non-hydrogen) atoms. The van der Waals surface area contributed by atoms with Crippen LogP contribution in [0.5, 0.6) is 0 Å². The zero-order valence-electron chi connectivity index (χ0n) is 17.4. The molecule has 0 atom stereocenters. The standard InChI is InChI=1S/C24H34N4O/c29-24(26-23-13-6-9-20-8-4-5-12-22(20)23)25-14-7-15-27-16-18-28(19-17-27)21-10-2-1-3-11-21/h4-6,8-9,12-13,21H,1-3,7,10-11,14-19H2,(H2,25,26,29). The summed E-state index contributed by atoms with van der Waals surface area (Å²) in [5, 5.41) is 8.21. The molecule has 0 bridgehead atoms. The van der Waals surface area contributed by atoms with E-state index in [1.54, 1.807) is 0 Å². The minimum Gasteiger partial charge on any atom is -0.338 e. The highest BCUT2D eigenvalue weighted by Gasteiger charge is 2.24. The Morgan fingerprint density at radius 3 is 2.52 bits per heavy atom. The van der Waals surface area contributed by atoms with Crippen LogP contribution in [-0.2, 0) is 0 Å².